The molecule has 0 spiro atoms. The molecule has 0 unspecified atom stereocenters. The molecule has 0 fully saturated rings. The quantitative estimate of drug-likeness (QED) is 0.0333. The average Bonchev–Trinajstić information content (AvgIpc) is 3.51. The first kappa shape index (κ1) is 83.2. The highest BCUT2D eigenvalue weighted by molar-refractivity contribution is 5.71. The lowest BCUT2D eigenvalue weighted by atomic mass is 10.1. The van der Waals surface area contributed by atoms with Gasteiger partial charge in [-0.3, -0.25) is 29.1 Å². The molecule has 0 saturated carbocycles. The summed E-state index contributed by atoms with van der Waals surface area (Å²) in [6.45, 7) is 24.9. The summed E-state index contributed by atoms with van der Waals surface area (Å²) >= 11 is 0. The second-order valence-electron chi connectivity index (χ2n) is 26.1. The smallest absolute Gasteiger partial charge is 0.307 e. The van der Waals surface area contributed by atoms with Crippen molar-refractivity contribution in [3.63, 3.8) is 0 Å². The van der Waals surface area contributed by atoms with Gasteiger partial charge in [0.15, 0.2) is 0 Å². The zero-order valence-corrected chi connectivity index (χ0v) is 58.4. The van der Waals surface area contributed by atoms with Crippen molar-refractivity contribution in [2.75, 3.05) is 98.4 Å². The van der Waals surface area contributed by atoms with Crippen LogP contribution in [0, 0.1) is 0 Å². The highest BCUT2D eigenvalue weighted by Gasteiger charge is 2.17. The number of ether oxygens (including phenoxy) is 3. The monoisotopic (exact) mass is 1200 g/mol. The zero-order chi connectivity index (χ0) is 61.8. The van der Waals surface area contributed by atoms with Crippen LogP contribution in [0.3, 0.4) is 0 Å². The number of nitrogens with zero attached hydrogens (tertiary/aromatic N) is 4. The molecule has 0 bridgehead atoms. The minimum Gasteiger partial charge on any atom is -0.464 e. The molecule has 0 aliphatic carbocycles. The average molecular weight is 1200 g/mol. The van der Waals surface area contributed by atoms with E-state index in [4.69, 9.17) is 14.2 Å². The molecule has 0 saturated heterocycles. The third-order valence-corrected chi connectivity index (χ3v) is 17.9. The fraction of sp³-hybridized carbons (Fsp3) is 0.960. The number of hydrogen-bond donors (Lipinski definition) is 0. The van der Waals surface area contributed by atoms with Gasteiger partial charge in [-0.15, -0.1) is 0 Å². The van der Waals surface area contributed by atoms with E-state index in [1.165, 1.54) is 308 Å². The van der Waals surface area contributed by atoms with E-state index in [1.807, 2.05) is 0 Å². The molecule has 10 nitrogen and oxygen atoms in total. The van der Waals surface area contributed by atoms with Gasteiger partial charge >= 0.3 is 17.9 Å². The van der Waals surface area contributed by atoms with E-state index in [1.54, 1.807) is 0 Å². The van der Waals surface area contributed by atoms with Gasteiger partial charge in [0, 0.05) is 39.3 Å². The Kier molecular flexibility index (Phi) is 68.3. The van der Waals surface area contributed by atoms with E-state index in [0.29, 0.717) is 39.5 Å². The van der Waals surface area contributed by atoms with Gasteiger partial charge < -0.3 is 19.1 Å². The lowest BCUT2D eigenvalue weighted by Crippen LogP contribution is -2.34. The fourth-order valence-corrected chi connectivity index (χ4v) is 12.0. The van der Waals surface area contributed by atoms with Crippen molar-refractivity contribution < 1.29 is 28.6 Å². The molecule has 0 aliphatic heterocycles. The number of hydrogen-bond acceptors (Lipinski definition) is 10. The van der Waals surface area contributed by atoms with Gasteiger partial charge in [0.2, 0.25) is 0 Å². The standard InChI is InChI=1S/C75H150N4O6/c1-7-13-19-25-31-37-43-49-58-76(59-50-44-38-32-26-20-14-8-2)67-70-83-73(80)55-64-79(65-56-74(81)84-71-68-77(60-51-45-39-33-27-21-15-9-3)61-52-46-40-34-28-22-16-10-4)66-57-75(82)85-72-69-78(62-53-47-41-35-29-23-17-11-5)63-54-48-42-36-30-24-18-12-6/h7-72H2,1-6H3. The number of esters is 3. The predicted octanol–water partition coefficient (Wildman–Crippen LogP) is 20.8. The summed E-state index contributed by atoms with van der Waals surface area (Å²) in [5.41, 5.74) is 0. The van der Waals surface area contributed by atoms with Crippen LogP contribution in [0.1, 0.15) is 369 Å². The highest BCUT2D eigenvalue weighted by atomic mass is 16.5. The van der Waals surface area contributed by atoms with Crippen LogP contribution in [0.2, 0.25) is 0 Å². The van der Waals surface area contributed by atoms with Crippen molar-refractivity contribution in [3.05, 3.63) is 0 Å². The number of rotatable bonds is 72. The van der Waals surface area contributed by atoms with Crippen molar-refractivity contribution in [2.24, 2.45) is 0 Å². The van der Waals surface area contributed by atoms with Gasteiger partial charge in [0.25, 0.3) is 0 Å². The van der Waals surface area contributed by atoms with Crippen LogP contribution in [-0.2, 0) is 28.6 Å². The molecule has 0 aromatic heterocycles. The van der Waals surface area contributed by atoms with Gasteiger partial charge in [-0.05, 0) is 77.8 Å². The van der Waals surface area contributed by atoms with Gasteiger partial charge in [-0.2, -0.15) is 0 Å². The molecule has 0 amide bonds. The number of carbonyl (C=O) groups excluding carboxylic acids is 3. The second-order valence-corrected chi connectivity index (χ2v) is 26.1. The first-order valence-electron chi connectivity index (χ1n) is 38.2. The third kappa shape index (κ3) is 63.6. The number of unbranched alkanes of at least 4 members (excludes halogenated alkanes) is 42. The molecule has 0 aliphatic rings. The van der Waals surface area contributed by atoms with Gasteiger partial charge in [0.1, 0.15) is 19.8 Å². The first-order valence-corrected chi connectivity index (χ1v) is 38.2. The molecule has 0 aromatic carbocycles. The first-order chi connectivity index (χ1) is 41.8. The molecule has 0 aromatic rings. The molecular weight excluding hydrogens is 1050 g/mol. The van der Waals surface area contributed by atoms with E-state index < -0.39 is 0 Å². The SMILES string of the molecule is CCCCCCCCCCN(CCCCCCCCCC)CCOC(=O)CCN(CCC(=O)OCCN(CCCCCCCCCC)CCCCCCCCCC)CCC(=O)OCCN(CCCCCCCCCC)CCCCCCCCCC. The summed E-state index contributed by atoms with van der Waals surface area (Å²) < 4.78 is 17.8. The minimum atomic E-state index is -0.213. The summed E-state index contributed by atoms with van der Waals surface area (Å²) in [5, 5.41) is 0. The van der Waals surface area contributed by atoms with E-state index in [2.05, 4.69) is 61.1 Å². The highest BCUT2D eigenvalue weighted by Crippen LogP contribution is 2.16. The van der Waals surface area contributed by atoms with Crippen LogP contribution in [-0.4, -0.2) is 136 Å². The maximum atomic E-state index is 13.4. The maximum absolute atomic E-state index is 13.4. The summed E-state index contributed by atoms with van der Waals surface area (Å²) in [7, 11) is 0. The van der Waals surface area contributed by atoms with E-state index >= 15 is 0 Å². The summed E-state index contributed by atoms with van der Waals surface area (Å²) in [6, 6.07) is 0. The molecule has 0 radical (unpaired) electrons. The molecule has 0 atom stereocenters. The third-order valence-electron chi connectivity index (χ3n) is 17.9. The lowest BCUT2D eigenvalue weighted by Gasteiger charge is -2.24. The minimum absolute atomic E-state index is 0.213. The van der Waals surface area contributed by atoms with Crippen molar-refractivity contribution in [1.29, 1.82) is 0 Å². The van der Waals surface area contributed by atoms with Gasteiger partial charge in [-0.25, -0.2) is 0 Å². The molecule has 506 valence electrons. The topological polar surface area (TPSA) is 91.9 Å². The molecule has 0 heterocycles. The Balaban J connectivity index is 5.66. The van der Waals surface area contributed by atoms with Gasteiger partial charge in [-0.1, -0.05) is 311 Å². The van der Waals surface area contributed by atoms with Crippen molar-refractivity contribution in [1.82, 2.24) is 19.6 Å². The van der Waals surface area contributed by atoms with Crippen molar-refractivity contribution in [3.8, 4) is 0 Å². The molecular formula is C75H150N4O6. The van der Waals surface area contributed by atoms with Crippen LogP contribution in [0.4, 0.5) is 0 Å². The van der Waals surface area contributed by atoms with Crippen LogP contribution in [0.5, 0.6) is 0 Å². The van der Waals surface area contributed by atoms with Crippen LogP contribution in [0.15, 0.2) is 0 Å². The number of carbonyl (C=O) groups is 3. The van der Waals surface area contributed by atoms with Crippen LogP contribution in [0.25, 0.3) is 0 Å². The Bertz CT molecular complexity index is 1140. The van der Waals surface area contributed by atoms with Crippen LogP contribution < -0.4 is 0 Å². The van der Waals surface area contributed by atoms with Gasteiger partial charge in [0.05, 0.1) is 19.3 Å². The zero-order valence-electron chi connectivity index (χ0n) is 58.4. The fourth-order valence-electron chi connectivity index (χ4n) is 12.0. The Hall–Kier alpha value is -1.75. The summed E-state index contributed by atoms with van der Waals surface area (Å²) in [6.07, 6.45) is 63.5. The summed E-state index contributed by atoms with van der Waals surface area (Å²) in [4.78, 5) is 50.0. The van der Waals surface area contributed by atoms with Crippen molar-refractivity contribution in [2.45, 2.75) is 369 Å². The van der Waals surface area contributed by atoms with E-state index in [0.717, 1.165) is 58.9 Å². The lowest BCUT2D eigenvalue weighted by molar-refractivity contribution is -0.144. The van der Waals surface area contributed by atoms with E-state index in [9.17, 15) is 14.4 Å². The summed E-state index contributed by atoms with van der Waals surface area (Å²) in [5.74, 6) is -0.638. The van der Waals surface area contributed by atoms with Crippen LogP contribution >= 0.6 is 0 Å². The normalized spacial score (nSPS) is 11.8. The van der Waals surface area contributed by atoms with Crippen molar-refractivity contribution >= 4 is 17.9 Å². The molecule has 10 heteroatoms. The molecule has 85 heavy (non-hydrogen) atoms. The predicted molar refractivity (Wildman–Crippen MR) is 368 cm³/mol. The second kappa shape index (κ2) is 69.7. The Morgan fingerprint density at radius 2 is 0.329 bits per heavy atom. The Morgan fingerprint density at radius 1 is 0.188 bits per heavy atom. The Morgan fingerprint density at radius 3 is 0.494 bits per heavy atom. The largest absolute Gasteiger partial charge is 0.464 e. The maximum Gasteiger partial charge on any atom is 0.307 e. The molecule has 0 rings (SSSR count). The van der Waals surface area contributed by atoms with E-state index in [-0.39, 0.29) is 37.2 Å². The molecule has 0 N–H and O–H groups in total. The Labute approximate surface area is 531 Å².